The minimum Gasteiger partial charge on any atom is -0.490 e. The standard InChI is InChI=1S/C13H15FN2O4/c1-7-6-13(11(17)19-2,16-12(15)18)9-5-8(14)3-4-10(9)20-7/h3-5,7H,6H2,1-2H3,(H3,15,16,18)/t7-,13+/m1/s1. The number of esters is 1. The van der Waals surface area contributed by atoms with Crippen LogP contribution in [-0.2, 0) is 15.1 Å². The Kier molecular flexibility index (Phi) is 3.52. The van der Waals surface area contributed by atoms with Crippen molar-refractivity contribution < 1.29 is 23.5 Å². The lowest BCUT2D eigenvalue weighted by atomic mass is 9.82. The second-order valence-electron chi connectivity index (χ2n) is 4.66. The molecule has 0 aliphatic carbocycles. The van der Waals surface area contributed by atoms with Crippen LogP contribution in [0.4, 0.5) is 9.18 Å². The van der Waals surface area contributed by atoms with Gasteiger partial charge < -0.3 is 20.5 Å². The highest BCUT2D eigenvalue weighted by Gasteiger charge is 2.49. The number of amides is 2. The highest BCUT2D eigenvalue weighted by atomic mass is 19.1. The minimum atomic E-state index is -1.55. The van der Waals surface area contributed by atoms with Gasteiger partial charge in [-0.2, -0.15) is 0 Å². The summed E-state index contributed by atoms with van der Waals surface area (Å²) in [5.74, 6) is -0.968. The first kappa shape index (κ1) is 14.1. The van der Waals surface area contributed by atoms with E-state index >= 15 is 0 Å². The Morgan fingerprint density at radius 3 is 2.85 bits per heavy atom. The van der Waals surface area contributed by atoms with Gasteiger partial charge in [0, 0.05) is 12.0 Å². The summed E-state index contributed by atoms with van der Waals surface area (Å²) >= 11 is 0. The van der Waals surface area contributed by atoms with Crippen LogP contribution in [-0.4, -0.2) is 25.2 Å². The predicted octanol–water partition coefficient (Wildman–Crippen LogP) is 1.03. The number of benzene rings is 1. The minimum absolute atomic E-state index is 0.0963. The molecule has 1 aliphatic heterocycles. The number of ether oxygens (including phenoxy) is 2. The fourth-order valence-electron chi connectivity index (χ4n) is 2.49. The average Bonchev–Trinajstić information content (AvgIpc) is 2.37. The van der Waals surface area contributed by atoms with Gasteiger partial charge in [0.05, 0.1) is 13.2 Å². The summed E-state index contributed by atoms with van der Waals surface area (Å²) in [5.41, 5.74) is 3.80. The molecule has 1 aromatic carbocycles. The summed E-state index contributed by atoms with van der Waals surface area (Å²) in [6, 6.07) is 2.84. The van der Waals surface area contributed by atoms with Crippen molar-refractivity contribution in [1.29, 1.82) is 0 Å². The van der Waals surface area contributed by atoms with Gasteiger partial charge in [-0.05, 0) is 25.1 Å². The van der Waals surface area contributed by atoms with Crippen molar-refractivity contribution in [3.8, 4) is 5.75 Å². The van der Waals surface area contributed by atoms with Crippen LogP contribution in [0.15, 0.2) is 18.2 Å². The van der Waals surface area contributed by atoms with Crippen molar-refractivity contribution in [2.75, 3.05) is 7.11 Å². The van der Waals surface area contributed by atoms with E-state index in [1.807, 2.05) is 0 Å². The first-order chi connectivity index (χ1) is 9.39. The van der Waals surface area contributed by atoms with E-state index in [0.29, 0.717) is 5.75 Å². The normalized spacial score (nSPS) is 24.2. The fraction of sp³-hybridized carbons (Fsp3) is 0.385. The van der Waals surface area contributed by atoms with E-state index in [1.165, 1.54) is 19.2 Å². The molecule has 0 bridgehead atoms. The molecule has 0 unspecified atom stereocenters. The second kappa shape index (κ2) is 4.99. The van der Waals surface area contributed by atoms with Gasteiger partial charge in [0.1, 0.15) is 11.6 Å². The number of carbonyl (C=O) groups excluding carboxylic acids is 2. The summed E-state index contributed by atoms with van der Waals surface area (Å²) in [5, 5.41) is 2.38. The van der Waals surface area contributed by atoms with Crippen molar-refractivity contribution in [1.82, 2.24) is 5.32 Å². The molecular weight excluding hydrogens is 267 g/mol. The number of nitrogens with two attached hydrogens (primary N) is 1. The third-order valence-corrected chi connectivity index (χ3v) is 3.19. The smallest absolute Gasteiger partial charge is 0.336 e. The molecule has 0 radical (unpaired) electrons. The number of urea groups is 1. The molecule has 0 aromatic heterocycles. The number of primary amides is 1. The lowest BCUT2D eigenvalue weighted by Gasteiger charge is -2.39. The zero-order valence-electron chi connectivity index (χ0n) is 11.1. The summed E-state index contributed by atoms with van der Waals surface area (Å²) in [6.07, 6.45) is -0.280. The molecule has 0 saturated carbocycles. The van der Waals surface area contributed by atoms with Gasteiger partial charge in [-0.1, -0.05) is 0 Å². The molecule has 3 N–H and O–H groups in total. The third kappa shape index (κ3) is 2.26. The van der Waals surface area contributed by atoms with Gasteiger partial charge in [0.2, 0.25) is 0 Å². The van der Waals surface area contributed by atoms with Crippen LogP contribution in [0.25, 0.3) is 0 Å². The number of fused-ring (bicyclic) bond motifs is 1. The van der Waals surface area contributed by atoms with Gasteiger partial charge in [0.25, 0.3) is 0 Å². The quantitative estimate of drug-likeness (QED) is 0.793. The number of halogens is 1. The third-order valence-electron chi connectivity index (χ3n) is 3.19. The van der Waals surface area contributed by atoms with Crippen molar-refractivity contribution in [3.63, 3.8) is 0 Å². The zero-order chi connectivity index (χ0) is 14.9. The van der Waals surface area contributed by atoms with Crippen LogP contribution in [0.1, 0.15) is 18.9 Å². The van der Waals surface area contributed by atoms with Crippen molar-refractivity contribution in [2.45, 2.75) is 25.0 Å². The van der Waals surface area contributed by atoms with Crippen LogP contribution < -0.4 is 15.8 Å². The molecule has 0 spiro atoms. The summed E-state index contributed by atoms with van der Waals surface area (Å²) in [6.45, 7) is 1.73. The van der Waals surface area contributed by atoms with Gasteiger partial charge in [-0.25, -0.2) is 14.0 Å². The Balaban J connectivity index is 2.64. The molecule has 2 amide bonds. The van der Waals surface area contributed by atoms with Gasteiger partial charge in [-0.15, -0.1) is 0 Å². The Morgan fingerprint density at radius 2 is 2.25 bits per heavy atom. The summed E-state index contributed by atoms with van der Waals surface area (Å²) < 4.78 is 23.8. The molecule has 1 aromatic rings. The predicted molar refractivity (Wildman–Crippen MR) is 67.5 cm³/mol. The summed E-state index contributed by atoms with van der Waals surface area (Å²) in [7, 11) is 1.19. The maximum absolute atomic E-state index is 13.5. The average molecular weight is 282 g/mol. The molecule has 7 heteroatoms. The lowest BCUT2D eigenvalue weighted by molar-refractivity contribution is -0.150. The zero-order valence-corrected chi connectivity index (χ0v) is 11.1. The van der Waals surface area contributed by atoms with Crippen molar-refractivity contribution in [2.24, 2.45) is 5.73 Å². The Bertz CT molecular complexity index is 563. The van der Waals surface area contributed by atoms with Crippen LogP contribution in [0.2, 0.25) is 0 Å². The van der Waals surface area contributed by atoms with Crippen molar-refractivity contribution >= 4 is 12.0 Å². The summed E-state index contributed by atoms with van der Waals surface area (Å²) in [4.78, 5) is 23.4. The van der Waals surface area contributed by atoms with Crippen molar-refractivity contribution in [3.05, 3.63) is 29.6 Å². The largest absolute Gasteiger partial charge is 0.490 e. The van der Waals surface area contributed by atoms with E-state index in [9.17, 15) is 14.0 Å². The van der Waals surface area contributed by atoms with Gasteiger partial charge >= 0.3 is 12.0 Å². The Morgan fingerprint density at radius 1 is 1.55 bits per heavy atom. The van der Waals surface area contributed by atoms with Crippen LogP contribution in [0.3, 0.4) is 0 Å². The number of rotatable bonds is 2. The second-order valence-corrected chi connectivity index (χ2v) is 4.66. The van der Waals surface area contributed by atoms with E-state index in [-0.39, 0.29) is 18.1 Å². The topological polar surface area (TPSA) is 90.6 Å². The van der Waals surface area contributed by atoms with E-state index < -0.39 is 23.4 Å². The fourth-order valence-corrected chi connectivity index (χ4v) is 2.49. The molecule has 2 atom stereocenters. The molecule has 0 saturated heterocycles. The SMILES string of the molecule is COC(=O)[C@]1(NC(N)=O)C[C@@H](C)Oc2ccc(F)cc21. The first-order valence-corrected chi connectivity index (χ1v) is 6.02. The van der Waals surface area contributed by atoms with Crippen LogP contribution >= 0.6 is 0 Å². The molecule has 108 valence electrons. The molecule has 1 heterocycles. The molecule has 0 fully saturated rings. The Hall–Kier alpha value is -2.31. The highest BCUT2D eigenvalue weighted by Crippen LogP contribution is 2.40. The number of methoxy groups -OCH3 is 1. The molecule has 1 aliphatic rings. The maximum atomic E-state index is 13.5. The number of hydrogen-bond donors (Lipinski definition) is 2. The molecule has 2 rings (SSSR count). The molecule has 20 heavy (non-hydrogen) atoms. The van der Waals surface area contributed by atoms with E-state index in [0.717, 1.165) is 6.07 Å². The maximum Gasteiger partial charge on any atom is 0.336 e. The van der Waals surface area contributed by atoms with Gasteiger partial charge in [-0.3, -0.25) is 0 Å². The van der Waals surface area contributed by atoms with E-state index in [4.69, 9.17) is 15.2 Å². The number of nitrogens with one attached hydrogen (secondary N) is 1. The number of hydrogen-bond acceptors (Lipinski definition) is 4. The Labute approximate surface area is 115 Å². The lowest BCUT2D eigenvalue weighted by Crippen LogP contribution is -2.57. The van der Waals surface area contributed by atoms with Crippen LogP contribution in [0.5, 0.6) is 5.75 Å². The monoisotopic (exact) mass is 282 g/mol. The molecule has 6 nitrogen and oxygen atoms in total. The first-order valence-electron chi connectivity index (χ1n) is 6.02. The molecular formula is C13H15FN2O4. The number of carbonyl (C=O) groups is 2. The van der Waals surface area contributed by atoms with E-state index in [2.05, 4.69) is 5.32 Å². The van der Waals surface area contributed by atoms with Crippen LogP contribution in [0, 0.1) is 5.82 Å². The van der Waals surface area contributed by atoms with Gasteiger partial charge in [0.15, 0.2) is 5.54 Å². The van der Waals surface area contributed by atoms with E-state index in [1.54, 1.807) is 6.92 Å². The highest BCUT2D eigenvalue weighted by molar-refractivity contribution is 5.89.